The van der Waals surface area contributed by atoms with Crippen LogP contribution in [0.2, 0.25) is 0 Å². The molecule has 1 aromatic rings. The molecule has 0 radical (unpaired) electrons. The predicted octanol–water partition coefficient (Wildman–Crippen LogP) is 3.61. The zero-order chi connectivity index (χ0) is 16.0. The van der Waals surface area contributed by atoms with Crippen molar-refractivity contribution < 1.29 is 14.6 Å². The van der Waals surface area contributed by atoms with Crippen molar-refractivity contribution in [1.29, 1.82) is 0 Å². The molecule has 0 unspecified atom stereocenters. The number of benzene rings is 1. The Balaban J connectivity index is 1.78. The third-order valence-corrected chi connectivity index (χ3v) is 6.32. The van der Waals surface area contributed by atoms with Gasteiger partial charge in [-0.2, -0.15) is 0 Å². The van der Waals surface area contributed by atoms with Crippen LogP contribution < -0.4 is 0 Å². The molecular weight excluding hydrogens is 290 g/mol. The highest BCUT2D eigenvalue weighted by Crippen LogP contribution is 2.56. The van der Waals surface area contributed by atoms with Gasteiger partial charge in [0.25, 0.3) is 0 Å². The maximum absolute atomic E-state index is 12.4. The van der Waals surface area contributed by atoms with E-state index in [1.54, 1.807) is 6.07 Å². The van der Waals surface area contributed by atoms with Gasteiger partial charge in [0.2, 0.25) is 0 Å². The summed E-state index contributed by atoms with van der Waals surface area (Å²) in [5, 5.41) is 10.00. The molecule has 1 heterocycles. The van der Waals surface area contributed by atoms with Crippen LogP contribution in [0, 0.1) is 5.92 Å². The molecule has 1 saturated carbocycles. The molecule has 4 heteroatoms. The largest absolute Gasteiger partial charge is 0.508 e. The summed E-state index contributed by atoms with van der Waals surface area (Å²) in [5.74, 6) is 0.873. The molecule has 4 nitrogen and oxygen atoms in total. The van der Waals surface area contributed by atoms with E-state index in [-0.39, 0.29) is 17.6 Å². The number of phenolic OH excluding ortho intramolecular Hbond substituents is 1. The molecule has 2 bridgehead atoms. The molecule has 1 amide bonds. The number of phenols is 1. The number of likely N-dealkylation sites (tertiary alicyclic amines) is 1. The standard InChI is InChI=1S/C19H25NO3/c1-2-23-18(22)20-10-9-19-8-4-3-5-15(19)17(20)11-13-6-7-14(21)12-16(13)19/h6-7,12,15,17,21H,2-5,8-11H2,1H3/t15-,17+,19+/m0/s1. The van der Waals surface area contributed by atoms with Crippen molar-refractivity contribution in [3.8, 4) is 5.75 Å². The highest BCUT2D eigenvalue weighted by molar-refractivity contribution is 5.69. The lowest BCUT2D eigenvalue weighted by Crippen LogP contribution is -2.62. The lowest BCUT2D eigenvalue weighted by Gasteiger charge is -2.58. The summed E-state index contributed by atoms with van der Waals surface area (Å²) in [4.78, 5) is 14.4. The first kappa shape index (κ1) is 14.9. The Labute approximate surface area is 137 Å². The second kappa shape index (κ2) is 5.43. The number of ether oxygens (including phenoxy) is 1. The van der Waals surface area contributed by atoms with Crippen molar-refractivity contribution >= 4 is 6.09 Å². The van der Waals surface area contributed by atoms with Gasteiger partial charge in [0.15, 0.2) is 0 Å². The fourth-order valence-electron chi connectivity index (χ4n) is 5.43. The first-order valence-corrected chi connectivity index (χ1v) is 8.91. The molecule has 3 aliphatic rings. The van der Waals surface area contributed by atoms with E-state index < -0.39 is 0 Å². The van der Waals surface area contributed by atoms with Gasteiger partial charge in [-0.25, -0.2) is 4.79 Å². The molecule has 1 N–H and O–H groups in total. The van der Waals surface area contributed by atoms with Gasteiger partial charge < -0.3 is 14.7 Å². The number of fused-ring (bicyclic) bond motifs is 1. The average molecular weight is 315 g/mol. The molecule has 23 heavy (non-hydrogen) atoms. The number of carbonyl (C=O) groups is 1. The number of rotatable bonds is 1. The molecule has 4 rings (SSSR count). The lowest BCUT2D eigenvalue weighted by atomic mass is 9.52. The van der Waals surface area contributed by atoms with Crippen LogP contribution in [0.15, 0.2) is 18.2 Å². The highest BCUT2D eigenvalue weighted by atomic mass is 16.6. The normalized spacial score (nSPS) is 32.0. The summed E-state index contributed by atoms with van der Waals surface area (Å²) in [6.07, 6.45) is 6.58. The van der Waals surface area contributed by atoms with Gasteiger partial charge in [0.1, 0.15) is 5.75 Å². The number of piperidine rings is 1. The second-order valence-electron chi connectivity index (χ2n) is 7.26. The van der Waals surface area contributed by atoms with Crippen LogP contribution in [0.5, 0.6) is 5.75 Å². The number of amides is 1. The zero-order valence-corrected chi connectivity index (χ0v) is 13.8. The lowest BCUT2D eigenvalue weighted by molar-refractivity contribution is -0.0110. The topological polar surface area (TPSA) is 49.8 Å². The molecule has 1 saturated heterocycles. The fourth-order valence-corrected chi connectivity index (χ4v) is 5.43. The van der Waals surface area contributed by atoms with E-state index in [0.717, 1.165) is 19.4 Å². The van der Waals surface area contributed by atoms with Gasteiger partial charge in [0, 0.05) is 18.0 Å². The van der Waals surface area contributed by atoms with Crippen LogP contribution in [-0.2, 0) is 16.6 Å². The molecule has 1 aliphatic heterocycles. The quantitative estimate of drug-likeness (QED) is 0.861. The minimum Gasteiger partial charge on any atom is -0.508 e. The third kappa shape index (κ3) is 2.14. The van der Waals surface area contributed by atoms with E-state index in [2.05, 4.69) is 6.07 Å². The second-order valence-corrected chi connectivity index (χ2v) is 7.26. The number of hydrogen-bond acceptors (Lipinski definition) is 3. The van der Waals surface area contributed by atoms with E-state index in [9.17, 15) is 9.90 Å². The van der Waals surface area contributed by atoms with Crippen molar-refractivity contribution in [1.82, 2.24) is 4.90 Å². The van der Waals surface area contributed by atoms with Crippen molar-refractivity contribution in [2.24, 2.45) is 5.92 Å². The summed E-state index contributed by atoms with van der Waals surface area (Å²) < 4.78 is 5.30. The van der Waals surface area contributed by atoms with Crippen molar-refractivity contribution in [3.05, 3.63) is 29.3 Å². The maximum atomic E-state index is 12.4. The summed E-state index contributed by atoms with van der Waals surface area (Å²) in [6.45, 7) is 3.07. The Morgan fingerprint density at radius 3 is 3.09 bits per heavy atom. The van der Waals surface area contributed by atoms with Gasteiger partial charge in [-0.15, -0.1) is 0 Å². The highest BCUT2D eigenvalue weighted by Gasteiger charge is 2.55. The SMILES string of the molecule is CCOC(=O)N1CC[C@]23CCCC[C@H]2[C@H]1Cc1ccc(O)cc13. The summed E-state index contributed by atoms with van der Waals surface area (Å²) in [7, 11) is 0. The Kier molecular flexibility index (Phi) is 3.51. The number of nitrogens with zero attached hydrogens (tertiary/aromatic N) is 1. The van der Waals surface area contributed by atoms with E-state index in [1.807, 2.05) is 17.9 Å². The van der Waals surface area contributed by atoms with Crippen LogP contribution in [0.3, 0.4) is 0 Å². The van der Waals surface area contributed by atoms with Crippen molar-refractivity contribution in [2.75, 3.05) is 13.2 Å². The first-order valence-electron chi connectivity index (χ1n) is 8.91. The number of aromatic hydroxyl groups is 1. The van der Waals surface area contributed by atoms with Gasteiger partial charge in [-0.3, -0.25) is 0 Å². The molecule has 2 fully saturated rings. The monoisotopic (exact) mass is 315 g/mol. The van der Waals surface area contributed by atoms with E-state index in [1.165, 1.54) is 36.8 Å². The predicted molar refractivity (Wildman–Crippen MR) is 87.6 cm³/mol. The number of carbonyl (C=O) groups excluding carboxylic acids is 1. The summed E-state index contributed by atoms with van der Waals surface area (Å²) >= 11 is 0. The van der Waals surface area contributed by atoms with Gasteiger partial charge in [-0.1, -0.05) is 18.9 Å². The van der Waals surface area contributed by atoms with Gasteiger partial charge in [-0.05, 0) is 61.8 Å². The average Bonchev–Trinajstić information content (AvgIpc) is 2.56. The third-order valence-electron chi connectivity index (χ3n) is 6.32. The van der Waals surface area contributed by atoms with E-state index in [4.69, 9.17) is 4.74 Å². The zero-order valence-electron chi connectivity index (χ0n) is 13.8. The van der Waals surface area contributed by atoms with Crippen LogP contribution in [0.25, 0.3) is 0 Å². The summed E-state index contributed by atoms with van der Waals surface area (Å²) in [6, 6.07) is 6.08. The van der Waals surface area contributed by atoms with Crippen LogP contribution >= 0.6 is 0 Å². The molecule has 0 aromatic heterocycles. The van der Waals surface area contributed by atoms with Gasteiger partial charge in [0.05, 0.1) is 6.61 Å². The molecule has 2 aliphatic carbocycles. The van der Waals surface area contributed by atoms with E-state index in [0.29, 0.717) is 18.3 Å². The number of hydrogen-bond donors (Lipinski definition) is 1. The van der Waals surface area contributed by atoms with Crippen LogP contribution in [0.1, 0.15) is 50.2 Å². The maximum Gasteiger partial charge on any atom is 0.410 e. The van der Waals surface area contributed by atoms with Crippen molar-refractivity contribution in [3.63, 3.8) is 0 Å². The molecule has 0 spiro atoms. The Hall–Kier alpha value is -1.71. The Bertz CT molecular complexity index is 629. The fraction of sp³-hybridized carbons (Fsp3) is 0.632. The minimum atomic E-state index is -0.154. The summed E-state index contributed by atoms with van der Waals surface area (Å²) in [5.41, 5.74) is 2.81. The smallest absolute Gasteiger partial charge is 0.410 e. The Morgan fingerprint density at radius 1 is 1.39 bits per heavy atom. The van der Waals surface area contributed by atoms with Crippen LogP contribution in [0.4, 0.5) is 4.79 Å². The molecule has 3 atom stereocenters. The molecular formula is C19H25NO3. The first-order chi connectivity index (χ1) is 11.2. The van der Waals surface area contributed by atoms with Crippen LogP contribution in [-0.4, -0.2) is 35.3 Å². The van der Waals surface area contributed by atoms with Crippen molar-refractivity contribution in [2.45, 2.75) is 56.9 Å². The Morgan fingerprint density at radius 2 is 2.26 bits per heavy atom. The molecule has 124 valence electrons. The molecule has 1 aromatic carbocycles. The van der Waals surface area contributed by atoms with Gasteiger partial charge >= 0.3 is 6.09 Å². The van der Waals surface area contributed by atoms with E-state index >= 15 is 0 Å². The minimum absolute atomic E-state index is 0.151.